The maximum atomic E-state index is 14.4. The van der Waals surface area contributed by atoms with Crippen molar-refractivity contribution >= 4 is 5.52 Å². The van der Waals surface area contributed by atoms with Gasteiger partial charge in [-0.25, -0.2) is 9.37 Å². The van der Waals surface area contributed by atoms with Crippen LogP contribution in [-0.2, 0) is 5.60 Å². The van der Waals surface area contributed by atoms with Crippen LogP contribution in [0.5, 0.6) is 0 Å². The van der Waals surface area contributed by atoms with Crippen LogP contribution in [0.3, 0.4) is 0 Å². The largest absolute Gasteiger partial charge is 0.425 e. The summed E-state index contributed by atoms with van der Waals surface area (Å²) < 4.78 is 58.1. The molecule has 0 bridgehead atoms. The monoisotopic (exact) mass is 441 g/mol. The standard InChI is InChI=1S/C24H19F4N3O/c1-30-14-20(19-4-2-3-5-21(19)30)23(32,24(26,27)28)16-10-11-31-18(12-16)13-29-22(31)15-6-8-17(25)9-7-15/h2-14,19,21,32H,1H3. The van der Waals surface area contributed by atoms with Crippen LogP contribution in [0.4, 0.5) is 17.6 Å². The van der Waals surface area contributed by atoms with E-state index in [9.17, 15) is 22.7 Å². The minimum Gasteiger partial charge on any atom is -0.373 e. The third-order valence-corrected chi connectivity index (χ3v) is 6.16. The number of halogens is 4. The molecule has 3 aromatic rings. The van der Waals surface area contributed by atoms with Crippen LogP contribution in [-0.4, -0.2) is 38.7 Å². The van der Waals surface area contributed by atoms with Gasteiger partial charge in [0.2, 0.25) is 5.60 Å². The maximum absolute atomic E-state index is 14.4. The zero-order valence-electron chi connectivity index (χ0n) is 17.0. The molecule has 0 saturated carbocycles. The molecule has 1 aliphatic carbocycles. The minimum absolute atomic E-state index is 0.124. The van der Waals surface area contributed by atoms with Gasteiger partial charge in [0.25, 0.3) is 0 Å². The fourth-order valence-electron chi connectivity index (χ4n) is 4.53. The van der Waals surface area contributed by atoms with E-state index in [0.717, 1.165) is 0 Å². The van der Waals surface area contributed by atoms with Gasteiger partial charge in [0, 0.05) is 42.1 Å². The van der Waals surface area contributed by atoms with Crippen molar-refractivity contribution in [3.8, 4) is 11.4 Å². The Hall–Kier alpha value is -3.39. The Morgan fingerprint density at radius 1 is 1.03 bits per heavy atom. The van der Waals surface area contributed by atoms with Crippen molar-refractivity contribution in [3.63, 3.8) is 0 Å². The lowest BCUT2D eigenvalue weighted by molar-refractivity contribution is -0.251. The molecule has 32 heavy (non-hydrogen) atoms. The number of likely N-dealkylation sites (N-methyl/N-ethyl adjacent to an activating group) is 1. The number of hydrogen-bond acceptors (Lipinski definition) is 3. The second-order valence-corrected chi connectivity index (χ2v) is 8.04. The van der Waals surface area contributed by atoms with Gasteiger partial charge in [0.15, 0.2) is 0 Å². The zero-order chi connectivity index (χ0) is 22.7. The van der Waals surface area contributed by atoms with E-state index in [-0.39, 0.29) is 17.2 Å². The summed E-state index contributed by atoms with van der Waals surface area (Å²) in [7, 11) is 1.69. The number of alkyl halides is 3. The Kier molecular flexibility index (Phi) is 4.53. The van der Waals surface area contributed by atoms with Crippen LogP contribution >= 0.6 is 0 Å². The quantitative estimate of drug-likeness (QED) is 0.592. The van der Waals surface area contributed by atoms with E-state index in [1.165, 1.54) is 42.9 Å². The molecule has 2 aromatic heterocycles. The van der Waals surface area contributed by atoms with E-state index < -0.39 is 23.5 Å². The third-order valence-electron chi connectivity index (χ3n) is 6.16. The lowest BCUT2D eigenvalue weighted by Crippen LogP contribution is -2.46. The van der Waals surface area contributed by atoms with Crippen LogP contribution in [0.15, 0.2) is 84.9 Å². The predicted octanol–water partition coefficient (Wildman–Crippen LogP) is 4.83. The Morgan fingerprint density at radius 3 is 2.47 bits per heavy atom. The number of nitrogens with zero attached hydrogens (tertiary/aromatic N) is 3. The first-order valence-corrected chi connectivity index (χ1v) is 10.0. The molecule has 164 valence electrons. The van der Waals surface area contributed by atoms with Gasteiger partial charge < -0.3 is 10.0 Å². The molecule has 1 aliphatic heterocycles. The van der Waals surface area contributed by atoms with E-state index >= 15 is 0 Å². The van der Waals surface area contributed by atoms with E-state index in [1.54, 1.807) is 46.7 Å². The number of aliphatic hydroxyl groups is 1. The normalized spacial score (nSPS) is 22.2. The van der Waals surface area contributed by atoms with Gasteiger partial charge in [0.05, 0.1) is 17.8 Å². The molecule has 1 aromatic carbocycles. The van der Waals surface area contributed by atoms with Crippen molar-refractivity contribution in [2.75, 3.05) is 7.05 Å². The Morgan fingerprint density at radius 2 is 1.75 bits per heavy atom. The summed E-state index contributed by atoms with van der Waals surface area (Å²) in [6.45, 7) is 0. The SMILES string of the molecule is CN1C=C(C(O)(c2ccn3c(-c4ccc(F)cc4)ncc3c2)C(F)(F)F)C2C=CC=CC21. The summed E-state index contributed by atoms with van der Waals surface area (Å²) in [5.41, 5.74) is -2.58. The fourth-order valence-corrected chi connectivity index (χ4v) is 4.53. The first-order valence-electron chi connectivity index (χ1n) is 10.0. The lowest BCUT2D eigenvalue weighted by atomic mass is 9.77. The summed E-state index contributed by atoms with van der Waals surface area (Å²) in [6.07, 6.45) is 6.30. The molecule has 3 heterocycles. The molecule has 3 unspecified atom stereocenters. The van der Waals surface area contributed by atoms with E-state index in [1.807, 2.05) is 6.08 Å². The van der Waals surface area contributed by atoms with Gasteiger partial charge in [-0.05, 0) is 36.4 Å². The van der Waals surface area contributed by atoms with Crippen molar-refractivity contribution in [1.29, 1.82) is 0 Å². The number of benzene rings is 1. The first-order chi connectivity index (χ1) is 15.2. The second-order valence-electron chi connectivity index (χ2n) is 8.04. The Balaban J connectivity index is 1.63. The highest BCUT2D eigenvalue weighted by atomic mass is 19.4. The summed E-state index contributed by atoms with van der Waals surface area (Å²) >= 11 is 0. The number of imidazole rings is 1. The Bertz CT molecular complexity index is 1270. The van der Waals surface area contributed by atoms with Gasteiger partial charge in [-0.3, -0.25) is 4.40 Å². The van der Waals surface area contributed by atoms with Crippen molar-refractivity contribution in [1.82, 2.24) is 14.3 Å². The summed E-state index contributed by atoms with van der Waals surface area (Å²) in [4.78, 5) is 5.97. The molecule has 0 radical (unpaired) electrons. The molecule has 4 nitrogen and oxygen atoms in total. The van der Waals surface area contributed by atoms with E-state index in [2.05, 4.69) is 4.98 Å². The van der Waals surface area contributed by atoms with Crippen LogP contribution in [0.2, 0.25) is 0 Å². The average molecular weight is 441 g/mol. The number of pyridine rings is 1. The number of hydrogen-bond donors (Lipinski definition) is 1. The molecular formula is C24H19F4N3O. The molecule has 0 spiro atoms. The first kappa shape index (κ1) is 20.5. The van der Waals surface area contributed by atoms with Crippen LogP contribution < -0.4 is 0 Å². The number of aromatic nitrogens is 2. The van der Waals surface area contributed by atoms with Gasteiger partial charge >= 0.3 is 6.18 Å². The molecule has 2 aliphatic rings. The summed E-state index contributed by atoms with van der Waals surface area (Å²) in [5, 5.41) is 11.2. The number of allylic oxidation sites excluding steroid dienone is 2. The fraction of sp³-hybridized carbons (Fsp3) is 0.208. The summed E-state index contributed by atoms with van der Waals surface area (Å²) in [6, 6.07) is 7.94. The van der Waals surface area contributed by atoms with Gasteiger partial charge in [0.1, 0.15) is 11.6 Å². The van der Waals surface area contributed by atoms with Crippen molar-refractivity contribution in [2.24, 2.45) is 5.92 Å². The van der Waals surface area contributed by atoms with Crippen molar-refractivity contribution in [2.45, 2.75) is 17.8 Å². The third kappa shape index (κ3) is 2.97. The smallest absolute Gasteiger partial charge is 0.373 e. The van der Waals surface area contributed by atoms with E-state index in [0.29, 0.717) is 16.9 Å². The minimum atomic E-state index is -4.94. The molecular weight excluding hydrogens is 422 g/mol. The number of rotatable bonds is 3. The van der Waals surface area contributed by atoms with Crippen LogP contribution in [0.1, 0.15) is 5.56 Å². The highest BCUT2D eigenvalue weighted by molar-refractivity contribution is 5.63. The topological polar surface area (TPSA) is 40.8 Å². The molecule has 3 atom stereocenters. The highest BCUT2D eigenvalue weighted by Gasteiger charge is 2.60. The van der Waals surface area contributed by atoms with Crippen LogP contribution in [0, 0.1) is 11.7 Å². The molecule has 8 heteroatoms. The van der Waals surface area contributed by atoms with Crippen molar-refractivity contribution < 1.29 is 22.7 Å². The molecule has 1 N–H and O–H groups in total. The van der Waals surface area contributed by atoms with Crippen LogP contribution in [0.25, 0.3) is 16.9 Å². The number of fused-ring (bicyclic) bond motifs is 2. The Labute approximate surface area is 181 Å². The van der Waals surface area contributed by atoms with E-state index in [4.69, 9.17) is 0 Å². The molecule has 5 rings (SSSR count). The van der Waals surface area contributed by atoms with Gasteiger partial charge in [-0.15, -0.1) is 0 Å². The predicted molar refractivity (Wildman–Crippen MR) is 112 cm³/mol. The van der Waals surface area contributed by atoms with Gasteiger partial charge in [-0.2, -0.15) is 13.2 Å². The zero-order valence-corrected chi connectivity index (χ0v) is 17.0. The average Bonchev–Trinajstić information content (AvgIpc) is 3.34. The second kappa shape index (κ2) is 7.06. The molecule has 0 fully saturated rings. The lowest BCUT2D eigenvalue weighted by Gasteiger charge is -2.35. The van der Waals surface area contributed by atoms with Gasteiger partial charge in [-0.1, -0.05) is 24.3 Å². The highest BCUT2D eigenvalue weighted by Crippen LogP contribution is 2.51. The molecule has 0 saturated heterocycles. The van der Waals surface area contributed by atoms with Crippen molar-refractivity contribution in [3.05, 3.63) is 96.2 Å². The molecule has 0 amide bonds. The summed E-state index contributed by atoms with van der Waals surface area (Å²) in [5.74, 6) is -0.540. The maximum Gasteiger partial charge on any atom is 0.425 e.